The first-order chi connectivity index (χ1) is 16.0. The van der Waals surface area contributed by atoms with Gasteiger partial charge in [0.1, 0.15) is 5.75 Å². The molecule has 0 aliphatic carbocycles. The minimum atomic E-state index is -1.36. The Bertz CT molecular complexity index is 1320. The maximum Gasteiger partial charge on any atom is 0.343 e. The second kappa shape index (κ2) is 10.1. The Morgan fingerprint density at radius 3 is 2.36 bits per heavy atom. The Labute approximate surface area is 195 Å². The van der Waals surface area contributed by atoms with Crippen molar-refractivity contribution >= 4 is 40.5 Å². The highest BCUT2D eigenvalue weighted by atomic mass is 35.5. The quantitative estimate of drug-likeness (QED) is 0.186. The van der Waals surface area contributed by atoms with Crippen LogP contribution in [0.25, 0.3) is 10.8 Å². The number of ether oxygens (including phenoxy) is 1. The molecule has 0 spiro atoms. The minimum Gasteiger partial charge on any atom is -0.422 e. The van der Waals surface area contributed by atoms with Crippen molar-refractivity contribution in [3.8, 4) is 5.75 Å². The fraction of sp³-hybridized carbons (Fsp3) is 0.0385. The van der Waals surface area contributed by atoms with E-state index in [1.807, 2.05) is 30.3 Å². The third-order valence-corrected chi connectivity index (χ3v) is 5.20. The first kappa shape index (κ1) is 22.2. The third-order valence-electron chi connectivity index (χ3n) is 4.95. The standard InChI is InChI=1S/C26H19ClN2O4/c27-20-13-10-19(11-14-20)26(32)33-23-15-12-17-6-4-5-9-21(17)22(23)16-28-29-25(31)24(30)18-7-2-1-3-8-18/h1-16,24,30H,(H,29,31)/b28-16-/t24-/m1/s1. The molecule has 1 amide bonds. The van der Waals surface area contributed by atoms with Gasteiger partial charge in [0, 0.05) is 10.6 Å². The number of amides is 1. The molecule has 164 valence electrons. The molecule has 0 aliphatic heterocycles. The first-order valence-corrected chi connectivity index (χ1v) is 10.5. The van der Waals surface area contributed by atoms with Crippen LogP contribution in [0.5, 0.6) is 5.75 Å². The van der Waals surface area contributed by atoms with Crippen molar-refractivity contribution in [2.45, 2.75) is 6.10 Å². The molecular formula is C26H19ClN2O4. The molecule has 0 radical (unpaired) electrons. The minimum absolute atomic E-state index is 0.273. The molecule has 7 heteroatoms. The summed E-state index contributed by atoms with van der Waals surface area (Å²) < 4.78 is 5.62. The van der Waals surface area contributed by atoms with Crippen LogP contribution >= 0.6 is 11.6 Å². The van der Waals surface area contributed by atoms with Gasteiger partial charge in [0.05, 0.1) is 11.8 Å². The van der Waals surface area contributed by atoms with E-state index in [9.17, 15) is 14.7 Å². The molecule has 1 atom stereocenters. The molecule has 0 heterocycles. The molecule has 0 saturated carbocycles. The molecule has 0 aromatic heterocycles. The molecule has 2 N–H and O–H groups in total. The second-order valence-corrected chi connectivity index (χ2v) is 7.58. The van der Waals surface area contributed by atoms with Crippen LogP contribution in [0.4, 0.5) is 0 Å². The number of esters is 1. The molecule has 0 aliphatic rings. The number of halogens is 1. The molecule has 6 nitrogen and oxygen atoms in total. The van der Waals surface area contributed by atoms with Crippen LogP contribution in [-0.4, -0.2) is 23.2 Å². The summed E-state index contributed by atoms with van der Waals surface area (Å²) >= 11 is 5.89. The number of hydrogen-bond acceptors (Lipinski definition) is 5. The van der Waals surface area contributed by atoms with Crippen LogP contribution < -0.4 is 10.2 Å². The van der Waals surface area contributed by atoms with Gasteiger partial charge < -0.3 is 9.84 Å². The van der Waals surface area contributed by atoms with Gasteiger partial charge in [-0.15, -0.1) is 0 Å². The lowest BCUT2D eigenvalue weighted by molar-refractivity contribution is -0.129. The van der Waals surface area contributed by atoms with Crippen molar-refractivity contribution in [2.75, 3.05) is 0 Å². The SMILES string of the molecule is O=C(Oc1ccc2ccccc2c1/C=N\NC(=O)[C@H](O)c1ccccc1)c1ccc(Cl)cc1. The average Bonchev–Trinajstić information content (AvgIpc) is 2.85. The van der Waals surface area contributed by atoms with Gasteiger partial charge in [0.2, 0.25) is 0 Å². The van der Waals surface area contributed by atoms with Crippen molar-refractivity contribution in [3.05, 3.63) is 113 Å². The summed E-state index contributed by atoms with van der Waals surface area (Å²) in [4.78, 5) is 24.9. The summed E-state index contributed by atoms with van der Waals surface area (Å²) in [5, 5.41) is 16.4. The summed E-state index contributed by atoms with van der Waals surface area (Å²) in [6.07, 6.45) is 0.0284. The zero-order valence-electron chi connectivity index (χ0n) is 17.3. The van der Waals surface area contributed by atoms with E-state index in [1.54, 1.807) is 60.7 Å². The molecule has 4 aromatic carbocycles. The van der Waals surface area contributed by atoms with Gasteiger partial charge in [-0.05, 0) is 46.7 Å². The Morgan fingerprint density at radius 1 is 0.909 bits per heavy atom. The maximum atomic E-state index is 12.6. The predicted octanol–water partition coefficient (Wildman–Crippen LogP) is 4.90. The lowest BCUT2D eigenvalue weighted by Crippen LogP contribution is -2.25. The van der Waals surface area contributed by atoms with Crippen LogP contribution in [0.15, 0.2) is 96.1 Å². The largest absolute Gasteiger partial charge is 0.422 e. The molecule has 0 fully saturated rings. The Balaban J connectivity index is 1.59. The van der Waals surface area contributed by atoms with Gasteiger partial charge in [-0.2, -0.15) is 5.10 Å². The maximum absolute atomic E-state index is 12.6. The summed E-state index contributed by atoms with van der Waals surface area (Å²) in [5.41, 5.74) is 3.64. The van der Waals surface area contributed by atoms with Crippen LogP contribution in [0.3, 0.4) is 0 Å². The van der Waals surface area contributed by atoms with Crippen molar-refractivity contribution < 1.29 is 19.4 Å². The van der Waals surface area contributed by atoms with Gasteiger partial charge in [-0.25, -0.2) is 10.2 Å². The number of hydrogen-bond donors (Lipinski definition) is 2. The highest BCUT2D eigenvalue weighted by Crippen LogP contribution is 2.27. The van der Waals surface area contributed by atoms with E-state index in [4.69, 9.17) is 16.3 Å². The molecule has 4 aromatic rings. The van der Waals surface area contributed by atoms with E-state index < -0.39 is 18.0 Å². The van der Waals surface area contributed by atoms with E-state index >= 15 is 0 Å². The number of aliphatic hydroxyl groups excluding tert-OH is 1. The number of hydrazone groups is 1. The zero-order valence-corrected chi connectivity index (χ0v) is 18.1. The monoisotopic (exact) mass is 458 g/mol. The Morgan fingerprint density at radius 2 is 1.61 bits per heavy atom. The number of rotatable bonds is 6. The summed E-state index contributed by atoms with van der Waals surface area (Å²) in [6, 6.07) is 25.9. The van der Waals surface area contributed by atoms with Crippen LogP contribution in [-0.2, 0) is 4.79 Å². The molecule has 0 saturated heterocycles. The highest BCUT2D eigenvalue weighted by Gasteiger charge is 2.17. The number of nitrogens with zero attached hydrogens (tertiary/aromatic N) is 1. The van der Waals surface area contributed by atoms with Gasteiger partial charge in [0.15, 0.2) is 6.10 Å². The number of fused-ring (bicyclic) bond motifs is 1. The number of carbonyl (C=O) groups is 2. The van der Waals surface area contributed by atoms with Crippen molar-refractivity contribution in [1.82, 2.24) is 5.43 Å². The van der Waals surface area contributed by atoms with Gasteiger partial charge in [-0.3, -0.25) is 4.79 Å². The van der Waals surface area contributed by atoms with Crippen molar-refractivity contribution in [3.63, 3.8) is 0 Å². The highest BCUT2D eigenvalue weighted by molar-refractivity contribution is 6.30. The smallest absolute Gasteiger partial charge is 0.343 e. The number of nitrogens with one attached hydrogen (secondary N) is 1. The van der Waals surface area contributed by atoms with Gasteiger partial charge in [-0.1, -0.05) is 72.3 Å². The third kappa shape index (κ3) is 5.26. The molecule has 33 heavy (non-hydrogen) atoms. The molecule has 0 bridgehead atoms. The topological polar surface area (TPSA) is 88.0 Å². The van der Waals surface area contributed by atoms with Gasteiger partial charge in [0.25, 0.3) is 5.91 Å². The van der Waals surface area contributed by atoms with Crippen LogP contribution in [0.1, 0.15) is 27.6 Å². The predicted molar refractivity (Wildman–Crippen MR) is 127 cm³/mol. The van der Waals surface area contributed by atoms with Crippen molar-refractivity contribution in [2.24, 2.45) is 5.10 Å². The average molecular weight is 459 g/mol. The lowest BCUT2D eigenvalue weighted by Gasteiger charge is -2.11. The summed E-state index contributed by atoms with van der Waals surface area (Å²) in [7, 11) is 0. The van der Waals surface area contributed by atoms with E-state index in [0.29, 0.717) is 21.7 Å². The summed E-state index contributed by atoms with van der Waals surface area (Å²) in [5.74, 6) is -0.965. The Kier molecular flexibility index (Phi) is 6.78. The van der Waals surface area contributed by atoms with Crippen LogP contribution in [0.2, 0.25) is 5.02 Å². The number of aliphatic hydroxyl groups is 1. The fourth-order valence-corrected chi connectivity index (χ4v) is 3.38. The lowest BCUT2D eigenvalue weighted by atomic mass is 10.0. The van der Waals surface area contributed by atoms with Crippen molar-refractivity contribution in [1.29, 1.82) is 0 Å². The van der Waals surface area contributed by atoms with E-state index in [2.05, 4.69) is 10.5 Å². The first-order valence-electron chi connectivity index (χ1n) is 10.1. The number of carbonyl (C=O) groups excluding carboxylic acids is 2. The molecule has 4 rings (SSSR count). The normalized spacial score (nSPS) is 11.9. The van der Waals surface area contributed by atoms with Gasteiger partial charge >= 0.3 is 5.97 Å². The van der Waals surface area contributed by atoms with Crippen LogP contribution in [0, 0.1) is 0 Å². The van der Waals surface area contributed by atoms with E-state index in [-0.39, 0.29) is 5.75 Å². The number of benzene rings is 4. The molecule has 0 unspecified atom stereocenters. The fourth-order valence-electron chi connectivity index (χ4n) is 3.25. The van der Waals surface area contributed by atoms with E-state index in [0.717, 1.165) is 10.8 Å². The summed E-state index contributed by atoms with van der Waals surface area (Å²) in [6.45, 7) is 0. The Hall–Kier alpha value is -4.00. The zero-order chi connectivity index (χ0) is 23.2. The second-order valence-electron chi connectivity index (χ2n) is 7.14. The molecular weight excluding hydrogens is 440 g/mol. The van der Waals surface area contributed by atoms with E-state index in [1.165, 1.54) is 6.21 Å².